The Hall–Kier alpha value is -3.03. The van der Waals surface area contributed by atoms with Crippen molar-refractivity contribution in [3.63, 3.8) is 0 Å². The fourth-order valence-corrected chi connectivity index (χ4v) is 4.39. The molecule has 0 aliphatic rings. The van der Waals surface area contributed by atoms with Gasteiger partial charge in [0, 0.05) is 23.0 Å². The molecule has 0 saturated carbocycles. The second-order valence-electron chi connectivity index (χ2n) is 7.27. The molecular weight excluding hydrogens is 436 g/mol. The predicted molar refractivity (Wildman–Crippen MR) is 124 cm³/mol. The molecule has 0 fully saturated rings. The number of amides is 1. The number of sulfonamides is 1. The molecule has 0 bridgehead atoms. The first-order valence-corrected chi connectivity index (χ1v) is 11.5. The summed E-state index contributed by atoms with van der Waals surface area (Å²) in [5, 5.41) is 2.77. The minimum atomic E-state index is -3.99. The second-order valence-corrected chi connectivity index (χ2v) is 9.32. The van der Waals surface area contributed by atoms with Crippen molar-refractivity contribution in [2.45, 2.75) is 31.8 Å². The van der Waals surface area contributed by atoms with Gasteiger partial charge in [-0.1, -0.05) is 35.4 Å². The molecule has 0 heterocycles. The van der Waals surface area contributed by atoms with Crippen molar-refractivity contribution >= 4 is 38.9 Å². The van der Waals surface area contributed by atoms with Crippen molar-refractivity contribution in [1.29, 1.82) is 0 Å². The summed E-state index contributed by atoms with van der Waals surface area (Å²) in [4.78, 5) is 12.5. The molecule has 1 amide bonds. The lowest BCUT2D eigenvalue weighted by Crippen LogP contribution is -2.16. The van der Waals surface area contributed by atoms with E-state index in [1.165, 1.54) is 18.2 Å². The van der Waals surface area contributed by atoms with Crippen molar-refractivity contribution in [1.82, 2.24) is 0 Å². The zero-order valence-electron chi connectivity index (χ0n) is 17.3. The van der Waals surface area contributed by atoms with Gasteiger partial charge < -0.3 is 10.1 Å². The summed E-state index contributed by atoms with van der Waals surface area (Å²) in [6.45, 7) is 5.72. The van der Waals surface area contributed by atoms with Gasteiger partial charge in [0.25, 0.3) is 15.9 Å². The van der Waals surface area contributed by atoms with Crippen LogP contribution in [0.5, 0.6) is 5.75 Å². The van der Waals surface area contributed by atoms with Crippen molar-refractivity contribution in [2.24, 2.45) is 0 Å². The highest BCUT2D eigenvalue weighted by Gasteiger charge is 2.20. The van der Waals surface area contributed by atoms with Gasteiger partial charge >= 0.3 is 0 Å². The van der Waals surface area contributed by atoms with Crippen LogP contribution in [0.4, 0.5) is 11.4 Å². The molecule has 8 heteroatoms. The number of rotatable bonds is 7. The van der Waals surface area contributed by atoms with E-state index in [1.54, 1.807) is 48.5 Å². The average Bonchev–Trinajstić information content (AvgIpc) is 2.69. The Kier molecular flexibility index (Phi) is 6.87. The van der Waals surface area contributed by atoms with Crippen molar-refractivity contribution in [3.8, 4) is 5.75 Å². The molecule has 0 aliphatic carbocycles. The third-order valence-corrected chi connectivity index (χ3v) is 6.11. The molecule has 31 heavy (non-hydrogen) atoms. The van der Waals surface area contributed by atoms with Crippen LogP contribution in [-0.4, -0.2) is 20.4 Å². The molecule has 0 spiro atoms. The van der Waals surface area contributed by atoms with Crippen LogP contribution in [-0.2, 0) is 10.0 Å². The molecule has 3 aromatic rings. The number of carbonyl (C=O) groups excluding carboxylic acids is 1. The van der Waals surface area contributed by atoms with E-state index in [2.05, 4.69) is 10.0 Å². The van der Waals surface area contributed by atoms with E-state index in [0.717, 1.165) is 5.56 Å². The van der Waals surface area contributed by atoms with Crippen molar-refractivity contribution in [2.75, 3.05) is 10.0 Å². The first kappa shape index (κ1) is 22.7. The number of hydrogen-bond acceptors (Lipinski definition) is 4. The maximum absolute atomic E-state index is 12.8. The zero-order chi connectivity index (χ0) is 22.6. The Labute approximate surface area is 187 Å². The topological polar surface area (TPSA) is 84.5 Å². The molecule has 2 N–H and O–H groups in total. The maximum atomic E-state index is 12.8. The van der Waals surface area contributed by atoms with Gasteiger partial charge in [-0.25, -0.2) is 8.42 Å². The van der Waals surface area contributed by atoms with E-state index in [-0.39, 0.29) is 21.6 Å². The quantitative estimate of drug-likeness (QED) is 0.490. The molecule has 0 radical (unpaired) electrons. The normalized spacial score (nSPS) is 11.3. The van der Waals surface area contributed by atoms with Gasteiger partial charge in [-0.2, -0.15) is 0 Å². The highest BCUT2D eigenvalue weighted by molar-refractivity contribution is 7.92. The molecule has 0 unspecified atom stereocenters. The third kappa shape index (κ3) is 5.99. The highest BCUT2D eigenvalue weighted by atomic mass is 35.5. The van der Waals surface area contributed by atoms with E-state index in [9.17, 15) is 13.2 Å². The number of carbonyl (C=O) groups is 1. The number of benzene rings is 3. The van der Waals surface area contributed by atoms with Gasteiger partial charge in [0.2, 0.25) is 0 Å². The lowest BCUT2D eigenvalue weighted by molar-refractivity contribution is 0.102. The first-order valence-electron chi connectivity index (χ1n) is 9.61. The summed E-state index contributed by atoms with van der Waals surface area (Å²) in [5.41, 5.74) is 2.09. The molecule has 0 atom stereocenters. The zero-order valence-corrected chi connectivity index (χ0v) is 18.9. The smallest absolute Gasteiger partial charge is 0.263 e. The summed E-state index contributed by atoms with van der Waals surface area (Å²) in [6, 6.07) is 18.0. The summed E-state index contributed by atoms with van der Waals surface area (Å²) in [5.74, 6) is 0.152. The number of hydrogen-bond donors (Lipinski definition) is 2. The largest absolute Gasteiger partial charge is 0.491 e. The van der Waals surface area contributed by atoms with E-state index in [0.29, 0.717) is 17.1 Å². The minimum Gasteiger partial charge on any atom is -0.491 e. The van der Waals surface area contributed by atoms with Gasteiger partial charge in [-0.05, 0) is 63.2 Å². The summed E-state index contributed by atoms with van der Waals surface area (Å²) < 4.78 is 33.8. The molecule has 162 valence electrons. The van der Waals surface area contributed by atoms with Crippen LogP contribution in [0.2, 0.25) is 5.02 Å². The van der Waals surface area contributed by atoms with Crippen LogP contribution >= 0.6 is 11.6 Å². The van der Waals surface area contributed by atoms with Gasteiger partial charge in [-0.15, -0.1) is 0 Å². The SMILES string of the molecule is Cc1ccc(NS(=O)(=O)c2cc(C(=O)Nc3cccc(OC(C)C)c3)ccc2Cl)cc1. The molecule has 6 nitrogen and oxygen atoms in total. The lowest BCUT2D eigenvalue weighted by Gasteiger charge is -2.13. The van der Waals surface area contributed by atoms with Gasteiger partial charge in [-0.3, -0.25) is 9.52 Å². The minimum absolute atomic E-state index is 0.00369. The van der Waals surface area contributed by atoms with Crippen molar-refractivity contribution < 1.29 is 17.9 Å². The maximum Gasteiger partial charge on any atom is 0.263 e. The standard InChI is InChI=1S/C23H23ClN2O4S/c1-15(2)30-20-6-4-5-19(14-20)25-23(27)17-9-12-21(24)22(13-17)31(28,29)26-18-10-7-16(3)8-11-18/h4-15,26H,1-3H3,(H,25,27). The molecule has 0 aromatic heterocycles. The van der Waals surface area contributed by atoms with E-state index >= 15 is 0 Å². The lowest BCUT2D eigenvalue weighted by atomic mass is 10.2. The Balaban J connectivity index is 1.83. The monoisotopic (exact) mass is 458 g/mol. The fraction of sp³-hybridized carbons (Fsp3) is 0.174. The Morgan fingerprint density at radius 2 is 1.68 bits per heavy atom. The van der Waals surface area contributed by atoms with Crippen LogP contribution in [0.25, 0.3) is 0 Å². The highest BCUT2D eigenvalue weighted by Crippen LogP contribution is 2.26. The molecule has 0 aliphatic heterocycles. The Morgan fingerprint density at radius 3 is 2.35 bits per heavy atom. The Bertz CT molecular complexity index is 1190. The van der Waals surface area contributed by atoms with Gasteiger partial charge in [0.1, 0.15) is 10.6 Å². The average molecular weight is 459 g/mol. The van der Waals surface area contributed by atoms with Crippen LogP contribution in [0.1, 0.15) is 29.8 Å². The summed E-state index contributed by atoms with van der Waals surface area (Å²) in [6.07, 6.45) is -0.00369. The second kappa shape index (κ2) is 9.41. The van der Waals surface area contributed by atoms with Gasteiger partial charge in [0.15, 0.2) is 0 Å². The van der Waals surface area contributed by atoms with Crippen LogP contribution in [0.15, 0.2) is 71.6 Å². The number of ether oxygens (including phenoxy) is 1. The fourth-order valence-electron chi connectivity index (χ4n) is 2.80. The number of halogens is 1. The van der Waals surface area contributed by atoms with Crippen LogP contribution in [0, 0.1) is 6.92 Å². The third-order valence-electron chi connectivity index (χ3n) is 4.25. The number of aryl methyl sites for hydroxylation is 1. The van der Waals surface area contributed by atoms with E-state index < -0.39 is 15.9 Å². The molecule has 3 aromatic carbocycles. The molecular formula is C23H23ClN2O4S. The first-order chi connectivity index (χ1) is 14.6. The summed E-state index contributed by atoms with van der Waals surface area (Å²) >= 11 is 6.14. The molecule has 3 rings (SSSR count). The predicted octanol–water partition coefficient (Wildman–Crippen LogP) is 5.49. The molecule has 0 saturated heterocycles. The number of anilines is 2. The number of nitrogens with one attached hydrogen (secondary N) is 2. The summed E-state index contributed by atoms with van der Waals surface area (Å²) in [7, 11) is -3.99. The van der Waals surface area contributed by atoms with Crippen LogP contribution < -0.4 is 14.8 Å². The van der Waals surface area contributed by atoms with Crippen LogP contribution in [0.3, 0.4) is 0 Å². The van der Waals surface area contributed by atoms with E-state index in [1.807, 2.05) is 20.8 Å². The Morgan fingerprint density at radius 1 is 0.968 bits per heavy atom. The van der Waals surface area contributed by atoms with Crippen molar-refractivity contribution in [3.05, 3.63) is 82.9 Å². The van der Waals surface area contributed by atoms with Gasteiger partial charge in [0.05, 0.1) is 11.1 Å². The van der Waals surface area contributed by atoms with E-state index in [4.69, 9.17) is 16.3 Å².